The smallest absolute Gasteiger partial charge is 0.235 e. The quantitative estimate of drug-likeness (QED) is 0.673. The maximum absolute atomic E-state index is 13.3. The Morgan fingerprint density at radius 2 is 1.72 bits per heavy atom. The largest absolute Gasteiger partial charge is 0.383 e. The highest BCUT2D eigenvalue weighted by molar-refractivity contribution is 5.99. The molecule has 1 heterocycles. The summed E-state index contributed by atoms with van der Waals surface area (Å²) >= 11 is 0. The SMILES string of the molecule is COCCNC(=O)Cc1ccc(NC(=O)C2(c3ccccc3)CCOCC2)cc1. The molecule has 0 aromatic heterocycles. The number of nitrogens with one attached hydrogen (secondary N) is 2. The molecular formula is C23H28N2O4. The van der Waals surface area contributed by atoms with Gasteiger partial charge < -0.3 is 20.1 Å². The van der Waals surface area contributed by atoms with E-state index in [9.17, 15) is 9.59 Å². The predicted molar refractivity (Wildman–Crippen MR) is 112 cm³/mol. The van der Waals surface area contributed by atoms with E-state index in [1.54, 1.807) is 7.11 Å². The molecule has 1 aliphatic heterocycles. The molecule has 2 N–H and O–H groups in total. The summed E-state index contributed by atoms with van der Waals surface area (Å²) < 4.78 is 10.4. The fraction of sp³-hybridized carbons (Fsp3) is 0.391. The highest BCUT2D eigenvalue weighted by Gasteiger charge is 2.41. The van der Waals surface area contributed by atoms with E-state index >= 15 is 0 Å². The van der Waals surface area contributed by atoms with Crippen molar-refractivity contribution in [2.45, 2.75) is 24.7 Å². The first-order valence-electron chi connectivity index (χ1n) is 9.93. The van der Waals surface area contributed by atoms with E-state index in [4.69, 9.17) is 9.47 Å². The van der Waals surface area contributed by atoms with Crippen LogP contribution in [0.25, 0.3) is 0 Å². The van der Waals surface area contributed by atoms with E-state index in [1.807, 2.05) is 54.6 Å². The van der Waals surface area contributed by atoms with E-state index in [-0.39, 0.29) is 11.8 Å². The summed E-state index contributed by atoms with van der Waals surface area (Å²) in [5.41, 5.74) is 2.05. The summed E-state index contributed by atoms with van der Waals surface area (Å²) in [6.07, 6.45) is 1.61. The Labute approximate surface area is 171 Å². The van der Waals surface area contributed by atoms with Crippen LogP contribution in [0.1, 0.15) is 24.0 Å². The van der Waals surface area contributed by atoms with Gasteiger partial charge in [0.05, 0.1) is 18.4 Å². The van der Waals surface area contributed by atoms with Crippen LogP contribution in [0.5, 0.6) is 0 Å². The summed E-state index contributed by atoms with van der Waals surface area (Å²) in [4.78, 5) is 25.2. The maximum atomic E-state index is 13.3. The minimum Gasteiger partial charge on any atom is -0.383 e. The van der Waals surface area contributed by atoms with Crippen LogP contribution in [-0.4, -0.2) is 45.3 Å². The lowest BCUT2D eigenvalue weighted by Gasteiger charge is -2.36. The van der Waals surface area contributed by atoms with Gasteiger partial charge in [-0.2, -0.15) is 0 Å². The van der Waals surface area contributed by atoms with Gasteiger partial charge in [-0.3, -0.25) is 9.59 Å². The van der Waals surface area contributed by atoms with Crippen molar-refractivity contribution >= 4 is 17.5 Å². The average molecular weight is 396 g/mol. The van der Waals surface area contributed by atoms with Crippen LogP contribution in [-0.2, 0) is 30.9 Å². The summed E-state index contributed by atoms with van der Waals surface area (Å²) in [6, 6.07) is 17.3. The third-order valence-corrected chi connectivity index (χ3v) is 5.31. The van der Waals surface area contributed by atoms with Gasteiger partial charge in [-0.25, -0.2) is 0 Å². The van der Waals surface area contributed by atoms with Gasteiger partial charge in [-0.1, -0.05) is 42.5 Å². The molecule has 0 spiro atoms. The van der Waals surface area contributed by atoms with E-state index in [2.05, 4.69) is 10.6 Å². The number of benzene rings is 2. The van der Waals surface area contributed by atoms with Crippen molar-refractivity contribution < 1.29 is 19.1 Å². The lowest BCUT2D eigenvalue weighted by molar-refractivity contribution is -0.125. The van der Waals surface area contributed by atoms with Crippen LogP contribution in [0.2, 0.25) is 0 Å². The zero-order valence-electron chi connectivity index (χ0n) is 16.8. The molecule has 154 valence electrons. The Morgan fingerprint density at radius 1 is 1.03 bits per heavy atom. The fourth-order valence-corrected chi connectivity index (χ4v) is 3.62. The number of hydrogen-bond acceptors (Lipinski definition) is 4. The van der Waals surface area contributed by atoms with Crippen molar-refractivity contribution in [3.05, 3.63) is 65.7 Å². The van der Waals surface area contributed by atoms with E-state index in [0.717, 1.165) is 16.8 Å². The molecule has 2 aromatic carbocycles. The number of ether oxygens (including phenoxy) is 2. The molecule has 6 heteroatoms. The topological polar surface area (TPSA) is 76.7 Å². The summed E-state index contributed by atoms with van der Waals surface area (Å²) in [5, 5.41) is 5.86. The second kappa shape index (κ2) is 10.2. The molecule has 0 bridgehead atoms. The highest BCUT2D eigenvalue weighted by atomic mass is 16.5. The van der Waals surface area contributed by atoms with Crippen LogP contribution in [0.4, 0.5) is 5.69 Å². The molecule has 6 nitrogen and oxygen atoms in total. The van der Waals surface area contributed by atoms with Crippen molar-refractivity contribution in [1.82, 2.24) is 5.32 Å². The first-order chi connectivity index (χ1) is 14.1. The molecule has 2 aromatic rings. The first-order valence-corrected chi connectivity index (χ1v) is 9.93. The van der Waals surface area contributed by atoms with Gasteiger partial charge in [0.25, 0.3) is 0 Å². The number of anilines is 1. The minimum absolute atomic E-state index is 0.0166. The van der Waals surface area contributed by atoms with Gasteiger partial charge in [0.15, 0.2) is 0 Å². The van der Waals surface area contributed by atoms with Crippen LogP contribution < -0.4 is 10.6 Å². The monoisotopic (exact) mass is 396 g/mol. The van der Waals surface area contributed by atoms with Crippen molar-refractivity contribution in [2.24, 2.45) is 0 Å². The van der Waals surface area contributed by atoms with E-state index in [1.165, 1.54) is 0 Å². The standard InChI is InChI=1S/C23H28N2O4/c1-28-16-13-24-21(26)17-18-7-9-20(10-8-18)25-22(27)23(11-14-29-15-12-23)19-5-3-2-4-6-19/h2-10H,11-17H2,1H3,(H,24,26)(H,25,27). The van der Waals surface area contributed by atoms with Crippen LogP contribution in [0.3, 0.4) is 0 Å². The average Bonchev–Trinajstić information content (AvgIpc) is 2.76. The number of hydrogen-bond donors (Lipinski definition) is 2. The normalized spacial score (nSPS) is 15.5. The molecule has 1 saturated heterocycles. The Bertz CT molecular complexity index is 799. The van der Waals surface area contributed by atoms with E-state index in [0.29, 0.717) is 45.6 Å². The lowest BCUT2D eigenvalue weighted by Crippen LogP contribution is -2.44. The first kappa shape index (κ1) is 21.0. The zero-order chi connectivity index (χ0) is 20.5. The molecular weight excluding hydrogens is 368 g/mol. The van der Waals surface area contributed by atoms with Crippen molar-refractivity contribution in [1.29, 1.82) is 0 Å². The number of rotatable bonds is 8. The molecule has 0 aliphatic carbocycles. The third-order valence-electron chi connectivity index (χ3n) is 5.31. The molecule has 29 heavy (non-hydrogen) atoms. The van der Waals surface area contributed by atoms with Gasteiger partial charge in [-0.05, 0) is 36.1 Å². The number of carbonyl (C=O) groups is 2. The lowest BCUT2D eigenvalue weighted by atomic mass is 9.73. The molecule has 1 aliphatic rings. The van der Waals surface area contributed by atoms with Crippen LogP contribution in [0.15, 0.2) is 54.6 Å². The summed E-state index contributed by atoms with van der Waals surface area (Å²) in [5.74, 6) is -0.0684. The molecule has 1 fully saturated rings. The van der Waals surface area contributed by atoms with Crippen molar-refractivity contribution in [3.63, 3.8) is 0 Å². The Balaban J connectivity index is 1.65. The number of methoxy groups -OCH3 is 1. The molecule has 2 amide bonds. The summed E-state index contributed by atoms with van der Waals surface area (Å²) in [6.45, 7) is 2.12. The van der Waals surface area contributed by atoms with Gasteiger partial charge in [-0.15, -0.1) is 0 Å². The molecule has 0 unspecified atom stereocenters. The Hall–Kier alpha value is -2.70. The van der Waals surface area contributed by atoms with Crippen LogP contribution in [0, 0.1) is 0 Å². The Morgan fingerprint density at radius 3 is 2.38 bits per heavy atom. The zero-order valence-corrected chi connectivity index (χ0v) is 16.8. The fourth-order valence-electron chi connectivity index (χ4n) is 3.62. The highest BCUT2D eigenvalue weighted by Crippen LogP contribution is 2.36. The molecule has 0 atom stereocenters. The third kappa shape index (κ3) is 5.43. The molecule has 0 saturated carbocycles. The maximum Gasteiger partial charge on any atom is 0.235 e. The second-order valence-electron chi connectivity index (χ2n) is 7.23. The minimum atomic E-state index is -0.584. The summed E-state index contributed by atoms with van der Waals surface area (Å²) in [7, 11) is 1.60. The molecule has 3 rings (SSSR count). The molecule has 0 radical (unpaired) electrons. The Kier molecular flexibility index (Phi) is 7.38. The number of carbonyl (C=O) groups excluding carboxylic acids is 2. The van der Waals surface area contributed by atoms with Crippen molar-refractivity contribution in [2.75, 3.05) is 38.8 Å². The van der Waals surface area contributed by atoms with Gasteiger partial charge in [0, 0.05) is 32.6 Å². The van der Waals surface area contributed by atoms with Gasteiger partial charge in [0.2, 0.25) is 11.8 Å². The van der Waals surface area contributed by atoms with Gasteiger partial charge in [0.1, 0.15) is 0 Å². The number of amides is 2. The van der Waals surface area contributed by atoms with Crippen molar-refractivity contribution in [3.8, 4) is 0 Å². The van der Waals surface area contributed by atoms with Crippen LogP contribution >= 0.6 is 0 Å². The second-order valence-corrected chi connectivity index (χ2v) is 7.23. The van der Waals surface area contributed by atoms with E-state index < -0.39 is 5.41 Å². The predicted octanol–water partition coefficient (Wildman–Crippen LogP) is 2.68. The van der Waals surface area contributed by atoms with Gasteiger partial charge >= 0.3 is 0 Å².